The molecule has 5 atom stereocenters. The molecule has 1 aliphatic carbocycles. The molecule has 2 heterocycles. The standard InChI is InChI=1S/C21H32N3.2ClH/c1-22(2)16-9-7-15(8-10-16)18-12-21-17(6-5-11-24(21)4)19-13-23(3)14-20(18)19;;/h7-10,13,17-21H,5-6,11-12,14H2,1-4H3;2*1H/q+1;;/p-1. The van der Waals surface area contributed by atoms with E-state index in [2.05, 4.69) is 73.0 Å². The summed E-state index contributed by atoms with van der Waals surface area (Å²) in [4.78, 5) is 4.84. The van der Waals surface area contributed by atoms with Gasteiger partial charge in [0.15, 0.2) is 0 Å². The maximum Gasteiger partial charge on any atom is 0.146 e. The molecule has 5 heteroatoms. The Morgan fingerprint density at radius 1 is 1.12 bits per heavy atom. The van der Waals surface area contributed by atoms with E-state index in [-0.39, 0.29) is 24.8 Å². The predicted molar refractivity (Wildman–Crippen MR) is 109 cm³/mol. The highest BCUT2D eigenvalue weighted by Gasteiger charge is 2.51. The lowest BCUT2D eigenvalue weighted by molar-refractivity contribution is -0.490. The number of fused-ring (bicyclic) bond motifs is 3. The molecule has 0 amide bonds. The van der Waals surface area contributed by atoms with Gasteiger partial charge in [-0.3, -0.25) is 0 Å². The largest absolute Gasteiger partial charge is 1.00 e. The zero-order valence-electron chi connectivity index (χ0n) is 16.4. The highest BCUT2D eigenvalue weighted by Crippen LogP contribution is 2.49. The maximum atomic E-state index is 2.65. The van der Waals surface area contributed by atoms with Crippen molar-refractivity contribution >= 4 is 24.3 Å². The van der Waals surface area contributed by atoms with Crippen LogP contribution in [0.25, 0.3) is 0 Å². The fraction of sp³-hybridized carbons (Fsp3) is 0.667. The Morgan fingerprint density at radius 2 is 1.81 bits per heavy atom. The predicted octanol–water partition coefficient (Wildman–Crippen LogP) is 0.335. The topological polar surface area (TPSA) is 9.49 Å². The molecular weight excluding hydrogens is 365 g/mol. The van der Waals surface area contributed by atoms with E-state index in [1.807, 2.05) is 0 Å². The molecule has 2 aliphatic heterocycles. The lowest BCUT2D eigenvalue weighted by Gasteiger charge is -2.49. The number of anilines is 1. The molecule has 4 rings (SSSR count). The number of hydrogen-bond acceptors (Lipinski definition) is 2. The van der Waals surface area contributed by atoms with Crippen LogP contribution in [-0.2, 0) is 0 Å². The summed E-state index contributed by atoms with van der Waals surface area (Å²) in [5.41, 5.74) is 2.85. The summed E-state index contributed by atoms with van der Waals surface area (Å²) >= 11 is 0. The third-order valence-electron chi connectivity index (χ3n) is 6.87. The van der Waals surface area contributed by atoms with Crippen LogP contribution in [0.5, 0.6) is 0 Å². The molecule has 0 aromatic heterocycles. The van der Waals surface area contributed by atoms with Gasteiger partial charge in [-0.1, -0.05) is 12.1 Å². The van der Waals surface area contributed by atoms with Crippen LogP contribution in [0.1, 0.15) is 30.7 Å². The number of halogens is 2. The molecule has 3 nitrogen and oxygen atoms in total. The molecule has 26 heavy (non-hydrogen) atoms. The van der Waals surface area contributed by atoms with Crippen molar-refractivity contribution in [2.75, 3.05) is 46.2 Å². The highest BCUT2D eigenvalue weighted by atomic mass is 35.5. The molecule has 1 aromatic rings. The van der Waals surface area contributed by atoms with E-state index >= 15 is 0 Å². The minimum absolute atomic E-state index is 0. The maximum absolute atomic E-state index is 2.65. The first kappa shape index (κ1) is 21.5. The summed E-state index contributed by atoms with van der Waals surface area (Å²) in [7, 11) is 8.86. The van der Waals surface area contributed by atoms with Gasteiger partial charge in [0.1, 0.15) is 19.8 Å². The van der Waals surface area contributed by atoms with E-state index in [0.29, 0.717) is 5.92 Å². The van der Waals surface area contributed by atoms with Crippen molar-refractivity contribution in [1.29, 1.82) is 0 Å². The lowest BCUT2D eigenvalue weighted by atomic mass is 9.61. The number of benzene rings is 1. The van der Waals surface area contributed by atoms with E-state index in [1.165, 1.54) is 38.0 Å². The van der Waals surface area contributed by atoms with Crippen molar-refractivity contribution in [2.24, 2.45) is 17.8 Å². The van der Waals surface area contributed by atoms with Gasteiger partial charge < -0.3 is 22.2 Å². The zero-order valence-corrected chi connectivity index (χ0v) is 18.0. The quantitative estimate of drug-likeness (QED) is 0.665. The van der Waals surface area contributed by atoms with E-state index in [1.54, 1.807) is 5.56 Å². The van der Waals surface area contributed by atoms with Crippen LogP contribution in [-0.4, -0.2) is 63.0 Å². The molecular formula is C21H33Cl2N3. The Kier molecular flexibility index (Phi) is 7.04. The fourth-order valence-electron chi connectivity index (χ4n) is 5.65. The SMILES string of the molecule is CN(C)c1ccc(C2CC3C(CCCN3C)C3C=[N+](C)CC23)cc1.Cl.[Cl-]. The summed E-state index contributed by atoms with van der Waals surface area (Å²) in [5, 5.41) is 0. The van der Waals surface area contributed by atoms with Gasteiger partial charge >= 0.3 is 0 Å². The number of piperidine rings is 1. The first-order valence-electron chi connectivity index (χ1n) is 9.57. The molecule has 0 N–H and O–H groups in total. The summed E-state index contributed by atoms with van der Waals surface area (Å²) in [5.74, 6) is 3.15. The average Bonchev–Trinajstić information content (AvgIpc) is 2.96. The fourth-order valence-corrected chi connectivity index (χ4v) is 5.65. The molecule has 2 fully saturated rings. The van der Waals surface area contributed by atoms with Crippen molar-refractivity contribution in [3.63, 3.8) is 0 Å². The van der Waals surface area contributed by atoms with Crippen molar-refractivity contribution in [3.8, 4) is 0 Å². The van der Waals surface area contributed by atoms with Crippen LogP contribution in [0.3, 0.4) is 0 Å². The van der Waals surface area contributed by atoms with Gasteiger partial charge in [-0.2, -0.15) is 0 Å². The third kappa shape index (κ3) is 3.76. The van der Waals surface area contributed by atoms with Gasteiger partial charge in [0, 0.05) is 37.7 Å². The first-order valence-corrected chi connectivity index (χ1v) is 9.57. The molecule has 1 saturated heterocycles. The van der Waals surface area contributed by atoms with E-state index in [9.17, 15) is 0 Å². The van der Waals surface area contributed by atoms with Crippen molar-refractivity contribution < 1.29 is 17.0 Å². The third-order valence-corrected chi connectivity index (χ3v) is 6.87. The van der Waals surface area contributed by atoms with Crippen LogP contribution in [0.15, 0.2) is 24.3 Å². The zero-order chi connectivity index (χ0) is 16.8. The minimum atomic E-state index is 0. The second-order valence-electron chi connectivity index (χ2n) is 8.51. The molecule has 0 spiro atoms. The number of likely N-dealkylation sites (tertiary alicyclic amines) is 1. The Bertz CT molecular complexity index is 629. The smallest absolute Gasteiger partial charge is 0.146 e. The molecule has 146 valence electrons. The molecule has 0 radical (unpaired) electrons. The van der Waals surface area contributed by atoms with Gasteiger partial charge in [0.05, 0.1) is 0 Å². The van der Waals surface area contributed by atoms with Crippen molar-refractivity contribution in [2.45, 2.75) is 31.2 Å². The van der Waals surface area contributed by atoms with Crippen LogP contribution in [0.4, 0.5) is 5.69 Å². The van der Waals surface area contributed by atoms with Crippen LogP contribution in [0.2, 0.25) is 0 Å². The highest BCUT2D eigenvalue weighted by molar-refractivity contribution is 5.85. The summed E-state index contributed by atoms with van der Waals surface area (Å²) in [6.07, 6.45) is 6.70. The van der Waals surface area contributed by atoms with Gasteiger partial charge in [0.25, 0.3) is 0 Å². The minimum Gasteiger partial charge on any atom is -1.00 e. The van der Waals surface area contributed by atoms with Crippen molar-refractivity contribution in [3.05, 3.63) is 29.8 Å². The first-order chi connectivity index (χ1) is 11.5. The van der Waals surface area contributed by atoms with Crippen LogP contribution < -0.4 is 17.3 Å². The van der Waals surface area contributed by atoms with Crippen molar-refractivity contribution in [1.82, 2.24) is 4.90 Å². The molecule has 3 aliphatic rings. The number of nitrogens with zero attached hydrogens (tertiary/aromatic N) is 3. The lowest BCUT2D eigenvalue weighted by Crippen LogP contribution is -3.00. The van der Waals surface area contributed by atoms with Gasteiger partial charge in [-0.05, 0) is 62.4 Å². The van der Waals surface area contributed by atoms with Gasteiger partial charge in [-0.15, -0.1) is 12.4 Å². The Labute approximate surface area is 171 Å². The second-order valence-corrected chi connectivity index (χ2v) is 8.51. The molecule has 0 bridgehead atoms. The second kappa shape index (κ2) is 8.50. The van der Waals surface area contributed by atoms with Gasteiger partial charge in [0.2, 0.25) is 0 Å². The summed E-state index contributed by atoms with van der Waals surface area (Å²) in [6.45, 7) is 2.51. The van der Waals surface area contributed by atoms with E-state index in [4.69, 9.17) is 0 Å². The molecule has 1 saturated carbocycles. The van der Waals surface area contributed by atoms with Crippen LogP contribution in [0, 0.1) is 17.8 Å². The number of rotatable bonds is 2. The van der Waals surface area contributed by atoms with Crippen LogP contribution >= 0.6 is 12.4 Å². The average molecular weight is 398 g/mol. The summed E-state index contributed by atoms with van der Waals surface area (Å²) in [6, 6.07) is 10.1. The Balaban J connectivity index is 0.00000121. The summed E-state index contributed by atoms with van der Waals surface area (Å²) < 4.78 is 2.47. The normalized spacial score (nSPS) is 33.2. The van der Waals surface area contributed by atoms with E-state index < -0.39 is 0 Å². The van der Waals surface area contributed by atoms with E-state index in [0.717, 1.165) is 23.8 Å². The number of hydrogen-bond donors (Lipinski definition) is 0. The van der Waals surface area contributed by atoms with Gasteiger partial charge in [-0.25, -0.2) is 4.58 Å². The monoisotopic (exact) mass is 397 g/mol. The Morgan fingerprint density at radius 3 is 2.46 bits per heavy atom. The molecule has 5 unspecified atom stereocenters. The molecule has 1 aromatic carbocycles. The Hall–Kier alpha value is -0.770.